The van der Waals surface area contributed by atoms with Gasteiger partial charge in [0.05, 0.1) is 11.8 Å². The van der Waals surface area contributed by atoms with E-state index in [1.54, 1.807) is 12.3 Å². The van der Waals surface area contributed by atoms with Gasteiger partial charge in [0, 0.05) is 37.4 Å². The highest BCUT2D eigenvalue weighted by Gasteiger charge is 2.18. The first-order chi connectivity index (χ1) is 10.2. The summed E-state index contributed by atoms with van der Waals surface area (Å²) in [7, 11) is 0. The minimum Gasteiger partial charge on any atom is -0.469 e. The maximum Gasteiger partial charge on any atom is 0.251 e. The van der Waals surface area contributed by atoms with Crippen LogP contribution in [0.15, 0.2) is 21.2 Å². The largest absolute Gasteiger partial charge is 0.469 e. The van der Waals surface area contributed by atoms with Gasteiger partial charge in [0.2, 0.25) is 11.8 Å². The molecule has 112 valence electrons. The van der Waals surface area contributed by atoms with Gasteiger partial charge < -0.3 is 13.7 Å². The third-order valence-electron chi connectivity index (χ3n) is 3.47. The van der Waals surface area contributed by atoms with Crippen LogP contribution < -0.4 is 0 Å². The van der Waals surface area contributed by atoms with Crippen molar-refractivity contribution in [3.8, 4) is 11.5 Å². The smallest absolute Gasteiger partial charge is 0.251 e. The van der Waals surface area contributed by atoms with E-state index >= 15 is 0 Å². The van der Waals surface area contributed by atoms with Crippen molar-refractivity contribution in [3.05, 3.63) is 24.0 Å². The van der Waals surface area contributed by atoms with Gasteiger partial charge >= 0.3 is 0 Å². The molecule has 1 amide bonds. The zero-order chi connectivity index (χ0) is 14.7. The summed E-state index contributed by atoms with van der Waals surface area (Å²) in [5.41, 5.74) is 0.799. The average Bonchev–Trinajstić information content (AvgIpc) is 3.14. The Bertz CT molecular complexity index is 617. The molecular weight excluding hydrogens is 290 g/mol. The molecule has 1 aliphatic rings. The Morgan fingerprint density at radius 2 is 2.19 bits per heavy atom. The Balaban J connectivity index is 1.57. The molecule has 0 saturated carbocycles. The van der Waals surface area contributed by atoms with Gasteiger partial charge in [0.15, 0.2) is 0 Å². The summed E-state index contributed by atoms with van der Waals surface area (Å²) in [6.45, 7) is 3.52. The van der Waals surface area contributed by atoms with Gasteiger partial charge in [-0.25, -0.2) is 0 Å². The topological polar surface area (TPSA) is 72.4 Å². The number of furan rings is 1. The van der Waals surface area contributed by atoms with Gasteiger partial charge in [-0.05, 0) is 13.0 Å². The van der Waals surface area contributed by atoms with E-state index < -0.39 is 0 Å². The minimum absolute atomic E-state index is 0.162. The first kappa shape index (κ1) is 14.2. The quantitative estimate of drug-likeness (QED) is 0.862. The minimum atomic E-state index is 0.162. The van der Waals surface area contributed by atoms with Crippen LogP contribution in [0, 0.1) is 6.92 Å². The molecule has 2 aromatic rings. The first-order valence-corrected chi connectivity index (χ1v) is 8.12. The molecule has 0 spiro atoms. The zero-order valence-electron chi connectivity index (χ0n) is 11.9. The summed E-state index contributed by atoms with van der Waals surface area (Å²) in [6.07, 6.45) is 2.48. The second kappa shape index (κ2) is 6.34. The van der Waals surface area contributed by atoms with Crippen molar-refractivity contribution in [2.24, 2.45) is 0 Å². The Morgan fingerprint density at radius 1 is 1.38 bits per heavy atom. The summed E-state index contributed by atoms with van der Waals surface area (Å²) < 4.78 is 10.8. The molecule has 0 aliphatic carbocycles. The number of hydrogen-bond donors (Lipinski definition) is 0. The third-order valence-corrected chi connectivity index (χ3v) is 4.42. The molecule has 6 nitrogen and oxygen atoms in total. The summed E-state index contributed by atoms with van der Waals surface area (Å²) >= 11 is 1.89. The van der Waals surface area contributed by atoms with Gasteiger partial charge in [0.1, 0.15) is 5.76 Å². The van der Waals surface area contributed by atoms with E-state index in [9.17, 15) is 4.79 Å². The molecule has 3 rings (SSSR count). The number of amides is 1. The van der Waals surface area contributed by atoms with Crippen molar-refractivity contribution in [2.75, 3.05) is 24.6 Å². The fraction of sp³-hybridized carbons (Fsp3) is 0.500. The predicted molar refractivity (Wildman–Crippen MR) is 79.0 cm³/mol. The molecule has 3 heterocycles. The van der Waals surface area contributed by atoms with Crippen molar-refractivity contribution in [2.45, 2.75) is 19.8 Å². The Labute approximate surface area is 126 Å². The van der Waals surface area contributed by atoms with E-state index in [1.807, 2.05) is 23.6 Å². The highest BCUT2D eigenvalue weighted by atomic mass is 32.2. The Kier molecular flexibility index (Phi) is 4.28. The lowest BCUT2D eigenvalue weighted by Gasteiger charge is -2.26. The summed E-state index contributed by atoms with van der Waals surface area (Å²) in [4.78, 5) is 14.0. The number of hydrogen-bond acceptors (Lipinski definition) is 6. The van der Waals surface area contributed by atoms with Gasteiger partial charge in [-0.2, -0.15) is 11.8 Å². The molecule has 1 aliphatic heterocycles. The van der Waals surface area contributed by atoms with E-state index in [0.29, 0.717) is 24.6 Å². The SMILES string of the molecule is Cc1occc1-c1nnc(CCC(=O)N2CCSCC2)o1. The number of aryl methyl sites for hydroxylation is 2. The molecule has 7 heteroatoms. The first-order valence-electron chi connectivity index (χ1n) is 6.96. The summed E-state index contributed by atoms with van der Waals surface area (Å²) in [5, 5.41) is 8.00. The molecule has 1 fully saturated rings. The molecule has 0 N–H and O–H groups in total. The number of carbonyl (C=O) groups is 1. The monoisotopic (exact) mass is 307 g/mol. The molecule has 0 radical (unpaired) electrons. The number of rotatable bonds is 4. The second-order valence-corrected chi connectivity index (χ2v) is 6.11. The number of aromatic nitrogens is 2. The number of carbonyl (C=O) groups excluding carboxylic acids is 1. The van der Waals surface area contributed by atoms with Crippen molar-refractivity contribution in [3.63, 3.8) is 0 Å². The normalized spacial score (nSPS) is 15.4. The highest BCUT2D eigenvalue weighted by Crippen LogP contribution is 2.23. The molecule has 0 bridgehead atoms. The Morgan fingerprint density at radius 3 is 2.90 bits per heavy atom. The standard InChI is InChI=1S/C14H17N3O3S/c1-10-11(4-7-19-10)14-16-15-12(20-14)2-3-13(18)17-5-8-21-9-6-17/h4,7H,2-3,5-6,8-9H2,1H3. The number of thioether (sulfide) groups is 1. The number of nitrogens with zero attached hydrogens (tertiary/aromatic N) is 3. The summed E-state index contributed by atoms with van der Waals surface area (Å²) in [5.74, 6) is 3.89. The van der Waals surface area contributed by atoms with Gasteiger partial charge in [0.25, 0.3) is 5.89 Å². The molecular formula is C14H17N3O3S. The van der Waals surface area contributed by atoms with Crippen LogP contribution in [0.4, 0.5) is 0 Å². The summed E-state index contributed by atoms with van der Waals surface area (Å²) in [6, 6.07) is 1.79. The van der Waals surface area contributed by atoms with E-state index in [2.05, 4.69) is 10.2 Å². The fourth-order valence-electron chi connectivity index (χ4n) is 2.26. The molecule has 0 unspecified atom stereocenters. The maximum absolute atomic E-state index is 12.1. The lowest BCUT2D eigenvalue weighted by atomic mass is 10.2. The third kappa shape index (κ3) is 3.29. The van der Waals surface area contributed by atoms with Crippen LogP contribution >= 0.6 is 11.8 Å². The van der Waals surface area contributed by atoms with E-state index in [4.69, 9.17) is 8.83 Å². The van der Waals surface area contributed by atoms with E-state index in [1.165, 1.54) is 0 Å². The van der Waals surface area contributed by atoms with Gasteiger partial charge in [-0.15, -0.1) is 10.2 Å². The van der Waals surface area contributed by atoms with Crippen LogP contribution in [0.3, 0.4) is 0 Å². The zero-order valence-corrected chi connectivity index (χ0v) is 12.7. The van der Waals surface area contributed by atoms with Crippen LogP contribution in [0.25, 0.3) is 11.5 Å². The average molecular weight is 307 g/mol. The molecule has 0 atom stereocenters. The highest BCUT2D eigenvalue weighted by molar-refractivity contribution is 7.99. The van der Waals surface area contributed by atoms with Crippen LogP contribution in [-0.4, -0.2) is 45.6 Å². The second-order valence-electron chi connectivity index (χ2n) is 4.88. The molecule has 1 saturated heterocycles. The van der Waals surface area contributed by atoms with Gasteiger partial charge in [-0.3, -0.25) is 4.79 Å². The molecule has 0 aromatic carbocycles. The van der Waals surface area contributed by atoms with Crippen LogP contribution in [-0.2, 0) is 11.2 Å². The van der Waals surface area contributed by atoms with Crippen LogP contribution in [0.1, 0.15) is 18.1 Å². The van der Waals surface area contributed by atoms with Crippen LogP contribution in [0.2, 0.25) is 0 Å². The Hall–Kier alpha value is -1.76. The fourth-order valence-corrected chi connectivity index (χ4v) is 3.16. The maximum atomic E-state index is 12.1. The van der Waals surface area contributed by atoms with Crippen molar-refractivity contribution in [1.29, 1.82) is 0 Å². The predicted octanol–water partition coefficient (Wildman–Crippen LogP) is 2.15. The van der Waals surface area contributed by atoms with Crippen molar-refractivity contribution < 1.29 is 13.6 Å². The molecule has 2 aromatic heterocycles. The van der Waals surface area contributed by atoms with Gasteiger partial charge in [-0.1, -0.05) is 0 Å². The van der Waals surface area contributed by atoms with Crippen molar-refractivity contribution in [1.82, 2.24) is 15.1 Å². The lowest BCUT2D eigenvalue weighted by Crippen LogP contribution is -2.37. The molecule has 21 heavy (non-hydrogen) atoms. The van der Waals surface area contributed by atoms with Crippen LogP contribution in [0.5, 0.6) is 0 Å². The lowest BCUT2D eigenvalue weighted by molar-refractivity contribution is -0.130. The van der Waals surface area contributed by atoms with Crippen molar-refractivity contribution >= 4 is 17.7 Å². The van der Waals surface area contributed by atoms with E-state index in [0.717, 1.165) is 35.9 Å². The van der Waals surface area contributed by atoms with E-state index in [-0.39, 0.29) is 5.91 Å².